The molecular weight excluding hydrogens is 220 g/mol. The van der Waals surface area contributed by atoms with Gasteiger partial charge in [-0.3, -0.25) is 14.5 Å². The van der Waals surface area contributed by atoms with E-state index in [9.17, 15) is 9.59 Å². The molecule has 1 atom stereocenters. The fourth-order valence-corrected chi connectivity index (χ4v) is 2.01. The fourth-order valence-electron chi connectivity index (χ4n) is 2.01. The van der Waals surface area contributed by atoms with Crippen LogP contribution < -0.4 is 0 Å². The molecule has 0 radical (unpaired) electrons. The lowest BCUT2D eigenvalue weighted by Gasteiger charge is -2.21. The number of unbranched alkanes of at least 4 members (excludes halogenated alkanes) is 1. The second kappa shape index (κ2) is 6.59. The van der Waals surface area contributed by atoms with Gasteiger partial charge in [0.25, 0.3) is 0 Å². The van der Waals surface area contributed by atoms with Crippen LogP contribution in [-0.2, 0) is 9.59 Å². The fraction of sp³-hybridized carbons (Fsp3) is 0.833. The molecular formula is C12H22N2O3. The number of rotatable bonds is 6. The molecule has 98 valence electrons. The van der Waals surface area contributed by atoms with E-state index in [-0.39, 0.29) is 11.8 Å². The Hall–Kier alpha value is -1.10. The van der Waals surface area contributed by atoms with Crippen LogP contribution in [0.5, 0.6) is 0 Å². The summed E-state index contributed by atoms with van der Waals surface area (Å²) in [6.07, 6.45) is 2.74. The number of hydrogen-bond acceptors (Lipinski definition) is 3. The molecule has 0 bridgehead atoms. The van der Waals surface area contributed by atoms with Crippen LogP contribution in [-0.4, -0.2) is 60.0 Å². The first-order chi connectivity index (χ1) is 8.04. The predicted octanol–water partition coefficient (Wildman–Crippen LogP) is 0.651. The molecule has 5 heteroatoms. The van der Waals surface area contributed by atoms with E-state index in [1.54, 1.807) is 4.90 Å². The molecule has 0 aromatic heterocycles. The van der Waals surface area contributed by atoms with E-state index < -0.39 is 5.97 Å². The van der Waals surface area contributed by atoms with E-state index >= 15 is 0 Å². The second-order valence-corrected chi connectivity index (χ2v) is 4.73. The first kappa shape index (κ1) is 14.0. The Morgan fingerprint density at radius 2 is 2.18 bits per heavy atom. The average Bonchev–Trinajstić information content (AvgIpc) is 2.74. The summed E-state index contributed by atoms with van der Waals surface area (Å²) >= 11 is 0. The molecule has 1 rings (SSSR count). The van der Waals surface area contributed by atoms with Crippen LogP contribution >= 0.6 is 0 Å². The predicted molar refractivity (Wildman–Crippen MR) is 64.7 cm³/mol. The second-order valence-electron chi connectivity index (χ2n) is 4.73. The molecule has 1 heterocycles. The highest BCUT2D eigenvalue weighted by atomic mass is 16.4. The summed E-state index contributed by atoms with van der Waals surface area (Å²) in [7, 11) is 1.81. The SMILES string of the molecule is CCCCN(C)C(=O)CN1CC[C@@H](C(=O)O)C1. The summed E-state index contributed by atoms with van der Waals surface area (Å²) in [4.78, 5) is 26.3. The van der Waals surface area contributed by atoms with Gasteiger partial charge < -0.3 is 10.0 Å². The van der Waals surface area contributed by atoms with Gasteiger partial charge >= 0.3 is 5.97 Å². The zero-order chi connectivity index (χ0) is 12.8. The highest BCUT2D eigenvalue weighted by molar-refractivity contribution is 5.78. The largest absolute Gasteiger partial charge is 0.481 e. The molecule has 0 aromatic rings. The molecule has 17 heavy (non-hydrogen) atoms. The van der Waals surface area contributed by atoms with Gasteiger partial charge in [0, 0.05) is 20.1 Å². The van der Waals surface area contributed by atoms with Crippen LogP contribution in [0.2, 0.25) is 0 Å². The summed E-state index contributed by atoms with van der Waals surface area (Å²) in [5.41, 5.74) is 0. The van der Waals surface area contributed by atoms with Crippen molar-refractivity contribution < 1.29 is 14.7 Å². The molecule has 1 aliphatic rings. The maximum Gasteiger partial charge on any atom is 0.307 e. The van der Waals surface area contributed by atoms with Crippen molar-refractivity contribution in [1.82, 2.24) is 9.80 Å². The maximum atomic E-state index is 11.8. The molecule has 1 saturated heterocycles. The van der Waals surface area contributed by atoms with E-state index in [1.165, 1.54) is 0 Å². The highest BCUT2D eigenvalue weighted by Crippen LogP contribution is 2.15. The molecule has 5 nitrogen and oxygen atoms in total. The minimum Gasteiger partial charge on any atom is -0.481 e. The van der Waals surface area contributed by atoms with Crippen molar-refractivity contribution in [3.8, 4) is 0 Å². The average molecular weight is 242 g/mol. The first-order valence-corrected chi connectivity index (χ1v) is 6.23. The number of amides is 1. The van der Waals surface area contributed by atoms with Crippen molar-refractivity contribution >= 4 is 11.9 Å². The molecule has 0 aliphatic carbocycles. The Labute approximate surface area is 102 Å². The van der Waals surface area contributed by atoms with Gasteiger partial charge in [-0.25, -0.2) is 0 Å². The van der Waals surface area contributed by atoms with Crippen molar-refractivity contribution in [3.05, 3.63) is 0 Å². The van der Waals surface area contributed by atoms with E-state index in [4.69, 9.17) is 5.11 Å². The van der Waals surface area contributed by atoms with Gasteiger partial charge in [0.2, 0.25) is 5.91 Å². The standard InChI is InChI=1S/C12H22N2O3/c1-3-4-6-13(2)11(15)9-14-7-5-10(8-14)12(16)17/h10H,3-9H2,1-2H3,(H,16,17)/t10-/m1/s1. The Bertz CT molecular complexity index is 281. The number of likely N-dealkylation sites (N-methyl/N-ethyl adjacent to an activating group) is 1. The highest BCUT2D eigenvalue weighted by Gasteiger charge is 2.29. The summed E-state index contributed by atoms with van der Waals surface area (Å²) in [6.45, 7) is 4.44. The van der Waals surface area contributed by atoms with Gasteiger partial charge in [-0.2, -0.15) is 0 Å². The van der Waals surface area contributed by atoms with Crippen LogP contribution in [0.25, 0.3) is 0 Å². The third-order valence-corrected chi connectivity index (χ3v) is 3.25. The van der Waals surface area contributed by atoms with Gasteiger partial charge in [0.1, 0.15) is 0 Å². The molecule has 0 spiro atoms. The lowest BCUT2D eigenvalue weighted by atomic mass is 10.1. The van der Waals surface area contributed by atoms with Gasteiger partial charge in [-0.15, -0.1) is 0 Å². The van der Waals surface area contributed by atoms with Crippen LogP contribution in [0.1, 0.15) is 26.2 Å². The minimum absolute atomic E-state index is 0.0875. The number of carbonyl (C=O) groups is 2. The number of carboxylic acids is 1. The normalized spacial score (nSPS) is 20.5. The molecule has 0 aromatic carbocycles. The van der Waals surface area contributed by atoms with Crippen molar-refractivity contribution in [3.63, 3.8) is 0 Å². The number of likely N-dealkylation sites (tertiary alicyclic amines) is 1. The van der Waals surface area contributed by atoms with E-state index in [2.05, 4.69) is 6.92 Å². The molecule has 1 fully saturated rings. The Morgan fingerprint density at radius 3 is 2.71 bits per heavy atom. The summed E-state index contributed by atoms with van der Waals surface area (Å²) in [5.74, 6) is -0.965. The third kappa shape index (κ3) is 4.34. The monoisotopic (exact) mass is 242 g/mol. The number of aliphatic carboxylic acids is 1. The number of nitrogens with zero attached hydrogens (tertiary/aromatic N) is 2. The Morgan fingerprint density at radius 1 is 1.47 bits per heavy atom. The molecule has 1 aliphatic heterocycles. The van der Waals surface area contributed by atoms with Crippen molar-refractivity contribution in [2.24, 2.45) is 5.92 Å². The van der Waals surface area contributed by atoms with Gasteiger partial charge in [-0.1, -0.05) is 13.3 Å². The maximum absolute atomic E-state index is 11.8. The molecule has 0 saturated carbocycles. The molecule has 0 unspecified atom stereocenters. The van der Waals surface area contributed by atoms with Gasteiger partial charge in [0.15, 0.2) is 0 Å². The smallest absolute Gasteiger partial charge is 0.307 e. The van der Waals surface area contributed by atoms with Crippen molar-refractivity contribution in [2.45, 2.75) is 26.2 Å². The number of hydrogen-bond donors (Lipinski definition) is 1. The van der Waals surface area contributed by atoms with Crippen molar-refractivity contribution in [1.29, 1.82) is 0 Å². The lowest BCUT2D eigenvalue weighted by Crippen LogP contribution is -2.38. The van der Waals surface area contributed by atoms with Crippen LogP contribution in [0.15, 0.2) is 0 Å². The van der Waals surface area contributed by atoms with Gasteiger partial charge in [-0.05, 0) is 19.4 Å². The molecule has 1 amide bonds. The van der Waals surface area contributed by atoms with Crippen LogP contribution in [0.3, 0.4) is 0 Å². The van der Waals surface area contributed by atoms with E-state index in [1.807, 2.05) is 11.9 Å². The zero-order valence-corrected chi connectivity index (χ0v) is 10.7. The van der Waals surface area contributed by atoms with E-state index in [0.717, 1.165) is 19.4 Å². The summed E-state index contributed by atoms with van der Waals surface area (Å²) in [5, 5.41) is 8.87. The minimum atomic E-state index is -0.751. The van der Waals surface area contributed by atoms with Crippen molar-refractivity contribution in [2.75, 3.05) is 33.2 Å². The first-order valence-electron chi connectivity index (χ1n) is 6.23. The molecule has 1 N–H and O–H groups in total. The topological polar surface area (TPSA) is 60.9 Å². The van der Waals surface area contributed by atoms with Gasteiger partial charge in [0.05, 0.1) is 12.5 Å². The summed E-state index contributed by atoms with van der Waals surface area (Å²) < 4.78 is 0. The number of carbonyl (C=O) groups excluding carboxylic acids is 1. The van der Waals surface area contributed by atoms with Crippen LogP contribution in [0, 0.1) is 5.92 Å². The Balaban J connectivity index is 2.30. The zero-order valence-electron chi connectivity index (χ0n) is 10.7. The van der Waals surface area contributed by atoms with E-state index in [0.29, 0.717) is 26.1 Å². The Kier molecular flexibility index (Phi) is 5.41. The lowest BCUT2D eigenvalue weighted by molar-refractivity contribution is -0.141. The number of carboxylic acid groups (broad SMARTS) is 1. The quantitative estimate of drug-likeness (QED) is 0.743. The third-order valence-electron chi connectivity index (χ3n) is 3.25. The van der Waals surface area contributed by atoms with Crippen LogP contribution in [0.4, 0.5) is 0 Å². The summed E-state index contributed by atoms with van der Waals surface area (Å²) in [6, 6.07) is 0.